The van der Waals surface area contributed by atoms with Crippen molar-refractivity contribution in [3.63, 3.8) is 0 Å². The van der Waals surface area contributed by atoms with Gasteiger partial charge >= 0.3 is 0 Å². The summed E-state index contributed by atoms with van der Waals surface area (Å²) in [6.07, 6.45) is 1.48. The van der Waals surface area contributed by atoms with Crippen molar-refractivity contribution in [1.29, 1.82) is 0 Å². The van der Waals surface area contributed by atoms with Gasteiger partial charge in [-0.1, -0.05) is 23.2 Å². The molecule has 0 spiro atoms. The largest absolute Gasteiger partial charge is 0.287 e. The van der Waals surface area contributed by atoms with Gasteiger partial charge in [0.2, 0.25) is 5.78 Å². The minimum atomic E-state index is -0.161. The Hall–Kier alpha value is -0.590. The first-order chi connectivity index (χ1) is 8.54. The molecule has 0 fully saturated rings. The van der Waals surface area contributed by atoms with E-state index in [4.69, 9.17) is 23.2 Å². The number of aryl methyl sites for hydroxylation is 1. The Kier molecular flexibility index (Phi) is 4.29. The van der Waals surface area contributed by atoms with E-state index < -0.39 is 0 Å². The smallest absolute Gasteiger partial charge is 0.213 e. The summed E-state index contributed by atoms with van der Waals surface area (Å²) in [5, 5.41) is 4.95. The molecule has 0 bridgehead atoms. The van der Waals surface area contributed by atoms with E-state index >= 15 is 0 Å². The molecular weight excluding hydrogens is 386 g/mol. The van der Waals surface area contributed by atoms with Crippen LogP contribution in [0, 0.1) is 3.57 Å². The number of carbonyl (C=O) groups excluding carboxylic acids is 1. The highest BCUT2D eigenvalue weighted by Crippen LogP contribution is 2.24. The molecule has 0 saturated carbocycles. The summed E-state index contributed by atoms with van der Waals surface area (Å²) in [6.45, 7) is 2.49. The van der Waals surface area contributed by atoms with Crippen LogP contribution in [0.3, 0.4) is 0 Å². The third kappa shape index (κ3) is 2.55. The predicted molar refractivity (Wildman–Crippen MR) is 80.5 cm³/mol. The van der Waals surface area contributed by atoms with Crippen LogP contribution in [-0.4, -0.2) is 15.6 Å². The van der Waals surface area contributed by atoms with Crippen molar-refractivity contribution in [3.8, 4) is 0 Å². The first-order valence-corrected chi connectivity index (χ1v) is 7.09. The van der Waals surface area contributed by atoms with Crippen LogP contribution in [0.2, 0.25) is 10.0 Å². The molecule has 0 unspecified atom stereocenters. The van der Waals surface area contributed by atoms with Crippen molar-refractivity contribution in [1.82, 2.24) is 9.78 Å². The number of hydrogen-bond donors (Lipinski definition) is 0. The third-order valence-corrected chi connectivity index (χ3v) is 3.93. The Balaban J connectivity index is 2.54. The normalized spacial score (nSPS) is 10.7. The molecule has 6 heteroatoms. The molecule has 0 amide bonds. The van der Waals surface area contributed by atoms with Gasteiger partial charge in [0.1, 0.15) is 5.69 Å². The van der Waals surface area contributed by atoms with Crippen molar-refractivity contribution in [2.75, 3.05) is 0 Å². The molecule has 0 radical (unpaired) electrons. The Morgan fingerprint density at radius 2 is 2.17 bits per heavy atom. The molecule has 18 heavy (non-hydrogen) atoms. The second kappa shape index (κ2) is 5.59. The summed E-state index contributed by atoms with van der Waals surface area (Å²) in [5.41, 5.74) is 0.944. The van der Waals surface area contributed by atoms with Crippen LogP contribution in [0.15, 0.2) is 24.4 Å². The van der Waals surface area contributed by atoms with E-state index in [1.54, 1.807) is 22.9 Å². The molecule has 3 nitrogen and oxygen atoms in total. The van der Waals surface area contributed by atoms with E-state index in [1.807, 2.05) is 6.92 Å². The van der Waals surface area contributed by atoms with E-state index in [-0.39, 0.29) is 5.78 Å². The van der Waals surface area contributed by atoms with Gasteiger partial charge in [0, 0.05) is 20.7 Å². The number of carbonyl (C=O) groups is 1. The van der Waals surface area contributed by atoms with Gasteiger partial charge in [-0.05, 0) is 47.7 Å². The van der Waals surface area contributed by atoms with Crippen molar-refractivity contribution in [2.24, 2.45) is 0 Å². The predicted octanol–water partition coefficient (Wildman–Crippen LogP) is 4.05. The van der Waals surface area contributed by atoms with Crippen LogP contribution in [0.5, 0.6) is 0 Å². The highest BCUT2D eigenvalue weighted by atomic mass is 127. The number of halogens is 3. The molecule has 94 valence electrons. The molecule has 0 atom stereocenters. The van der Waals surface area contributed by atoms with Crippen LogP contribution >= 0.6 is 45.8 Å². The molecule has 0 aliphatic heterocycles. The maximum atomic E-state index is 12.5. The molecule has 0 saturated heterocycles. The van der Waals surface area contributed by atoms with Gasteiger partial charge in [0.05, 0.1) is 11.2 Å². The molecule has 1 aromatic heterocycles. The van der Waals surface area contributed by atoms with Gasteiger partial charge in [-0.2, -0.15) is 5.10 Å². The van der Waals surface area contributed by atoms with Crippen molar-refractivity contribution in [3.05, 3.63) is 49.3 Å². The highest BCUT2D eigenvalue weighted by molar-refractivity contribution is 14.1. The lowest BCUT2D eigenvalue weighted by atomic mass is 10.1. The van der Waals surface area contributed by atoms with Gasteiger partial charge in [-0.15, -0.1) is 0 Å². The minimum Gasteiger partial charge on any atom is -0.287 e. The summed E-state index contributed by atoms with van der Waals surface area (Å²) in [4.78, 5) is 12.5. The highest BCUT2D eigenvalue weighted by Gasteiger charge is 2.20. The molecule has 0 aliphatic rings. The zero-order valence-corrected chi connectivity index (χ0v) is 13.1. The second-order valence-corrected chi connectivity index (χ2v) is 5.62. The lowest BCUT2D eigenvalue weighted by Crippen LogP contribution is -2.12. The van der Waals surface area contributed by atoms with Crippen LogP contribution in [0.25, 0.3) is 0 Å². The fourth-order valence-electron chi connectivity index (χ4n) is 1.63. The quantitative estimate of drug-likeness (QED) is 0.581. The van der Waals surface area contributed by atoms with Crippen molar-refractivity contribution in [2.45, 2.75) is 13.5 Å². The molecular formula is C12H9Cl2IN2O. The molecule has 0 N–H and O–H groups in total. The Morgan fingerprint density at radius 3 is 2.83 bits per heavy atom. The Labute approximate surface area is 128 Å². The van der Waals surface area contributed by atoms with Crippen LogP contribution < -0.4 is 0 Å². The van der Waals surface area contributed by atoms with Crippen molar-refractivity contribution < 1.29 is 4.79 Å². The van der Waals surface area contributed by atoms with E-state index in [0.29, 0.717) is 27.8 Å². The maximum Gasteiger partial charge on any atom is 0.213 e. The van der Waals surface area contributed by atoms with Gasteiger partial charge in [0.25, 0.3) is 0 Å². The average Bonchev–Trinajstić information content (AvgIpc) is 2.72. The topological polar surface area (TPSA) is 34.9 Å². The lowest BCUT2D eigenvalue weighted by Gasteiger charge is -2.07. The molecule has 1 aromatic carbocycles. The summed E-state index contributed by atoms with van der Waals surface area (Å²) in [6, 6.07) is 5.20. The number of aromatic nitrogens is 2. The molecule has 2 aromatic rings. The summed E-state index contributed by atoms with van der Waals surface area (Å²) in [7, 11) is 0. The number of rotatable bonds is 3. The van der Waals surface area contributed by atoms with E-state index in [2.05, 4.69) is 27.7 Å². The second-order valence-electron chi connectivity index (χ2n) is 3.61. The number of hydrogen-bond acceptors (Lipinski definition) is 2. The summed E-state index contributed by atoms with van der Waals surface area (Å²) >= 11 is 14.0. The first-order valence-electron chi connectivity index (χ1n) is 5.25. The zero-order chi connectivity index (χ0) is 13.3. The zero-order valence-electron chi connectivity index (χ0n) is 9.45. The lowest BCUT2D eigenvalue weighted by molar-refractivity contribution is 0.102. The molecule has 1 heterocycles. The van der Waals surface area contributed by atoms with Gasteiger partial charge in [-0.3, -0.25) is 9.48 Å². The molecule has 0 aliphatic carbocycles. The van der Waals surface area contributed by atoms with Crippen LogP contribution in [0.4, 0.5) is 0 Å². The fraction of sp³-hybridized carbons (Fsp3) is 0.167. The van der Waals surface area contributed by atoms with Gasteiger partial charge in [0.15, 0.2) is 0 Å². The Morgan fingerprint density at radius 1 is 1.44 bits per heavy atom. The standard InChI is InChI=1S/C12H9Cl2IN2O/c1-2-17-11(9(14)6-16-17)12(18)8-5-7(13)3-4-10(8)15/h3-6H,2H2,1H3. The number of nitrogens with zero attached hydrogens (tertiary/aromatic N) is 2. The van der Waals surface area contributed by atoms with Gasteiger partial charge < -0.3 is 0 Å². The van der Waals surface area contributed by atoms with Crippen molar-refractivity contribution >= 4 is 51.6 Å². The summed E-state index contributed by atoms with van der Waals surface area (Å²) in [5.74, 6) is -0.161. The van der Waals surface area contributed by atoms with E-state index in [9.17, 15) is 4.79 Å². The van der Waals surface area contributed by atoms with E-state index in [0.717, 1.165) is 3.57 Å². The monoisotopic (exact) mass is 394 g/mol. The minimum absolute atomic E-state index is 0.161. The Bertz CT molecular complexity index is 610. The van der Waals surface area contributed by atoms with Crippen LogP contribution in [0.1, 0.15) is 23.0 Å². The number of benzene rings is 1. The fourth-order valence-corrected chi connectivity index (χ4v) is 2.61. The van der Waals surface area contributed by atoms with Gasteiger partial charge in [-0.25, -0.2) is 0 Å². The SMILES string of the molecule is CCn1ncc(Cl)c1C(=O)c1cc(Cl)ccc1I. The summed E-state index contributed by atoms with van der Waals surface area (Å²) < 4.78 is 2.42. The third-order valence-electron chi connectivity index (χ3n) is 2.48. The number of ketones is 1. The van der Waals surface area contributed by atoms with Crippen LogP contribution in [-0.2, 0) is 6.54 Å². The first kappa shape index (κ1) is 13.8. The van der Waals surface area contributed by atoms with E-state index in [1.165, 1.54) is 6.20 Å². The average molecular weight is 395 g/mol. The maximum absolute atomic E-state index is 12.5. The molecule has 2 rings (SSSR count).